The minimum Gasteiger partial charge on any atom is -0.368 e. The highest BCUT2D eigenvalue weighted by Gasteiger charge is 2.11. The van der Waals surface area contributed by atoms with Gasteiger partial charge in [-0.15, -0.1) is 11.3 Å². The van der Waals surface area contributed by atoms with E-state index in [0.29, 0.717) is 0 Å². The number of hydrogen-bond acceptors (Lipinski definition) is 4. The van der Waals surface area contributed by atoms with E-state index < -0.39 is 0 Å². The summed E-state index contributed by atoms with van der Waals surface area (Å²) in [5, 5.41) is 7.17. The SMILES string of the molecule is CNCc1c(Cl)cccc1N(C)Cc1csc(C)n1. The highest BCUT2D eigenvalue weighted by atomic mass is 35.5. The number of thiazole rings is 1. The summed E-state index contributed by atoms with van der Waals surface area (Å²) in [6.07, 6.45) is 0. The van der Waals surface area contributed by atoms with E-state index in [2.05, 4.69) is 33.7 Å². The van der Waals surface area contributed by atoms with Gasteiger partial charge in [0.25, 0.3) is 0 Å². The van der Waals surface area contributed by atoms with Crippen LogP contribution >= 0.6 is 22.9 Å². The molecule has 3 nitrogen and oxygen atoms in total. The van der Waals surface area contributed by atoms with Gasteiger partial charge in [0, 0.05) is 35.2 Å². The number of hydrogen-bond donors (Lipinski definition) is 1. The topological polar surface area (TPSA) is 28.2 Å². The number of benzene rings is 1. The van der Waals surface area contributed by atoms with Gasteiger partial charge in [0.05, 0.1) is 17.2 Å². The Balaban J connectivity index is 2.23. The zero-order chi connectivity index (χ0) is 13.8. The Hall–Kier alpha value is -1.10. The van der Waals surface area contributed by atoms with E-state index in [-0.39, 0.29) is 0 Å². The smallest absolute Gasteiger partial charge is 0.0898 e. The van der Waals surface area contributed by atoms with Gasteiger partial charge in [0.15, 0.2) is 0 Å². The summed E-state index contributed by atoms with van der Waals surface area (Å²) >= 11 is 7.96. The van der Waals surface area contributed by atoms with Crippen LogP contribution in [-0.2, 0) is 13.1 Å². The first-order valence-electron chi connectivity index (χ1n) is 6.16. The maximum atomic E-state index is 6.28. The molecule has 5 heteroatoms. The van der Waals surface area contributed by atoms with Crippen molar-refractivity contribution in [3.63, 3.8) is 0 Å². The van der Waals surface area contributed by atoms with Crippen LogP contribution in [0.2, 0.25) is 5.02 Å². The Kier molecular flexibility index (Phi) is 4.80. The summed E-state index contributed by atoms with van der Waals surface area (Å²) in [6.45, 7) is 3.58. The third kappa shape index (κ3) is 3.47. The molecule has 1 aromatic heterocycles. The zero-order valence-electron chi connectivity index (χ0n) is 11.4. The molecule has 1 heterocycles. The molecule has 1 aromatic carbocycles. The number of anilines is 1. The molecule has 0 bridgehead atoms. The molecule has 0 aliphatic heterocycles. The van der Waals surface area contributed by atoms with Crippen molar-refractivity contribution in [3.8, 4) is 0 Å². The first kappa shape index (κ1) is 14.3. The van der Waals surface area contributed by atoms with Gasteiger partial charge in [0.1, 0.15) is 0 Å². The molecule has 0 saturated heterocycles. The first-order chi connectivity index (χ1) is 9.11. The normalized spacial score (nSPS) is 10.7. The highest BCUT2D eigenvalue weighted by Crippen LogP contribution is 2.27. The molecular formula is C14H18ClN3S. The van der Waals surface area contributed by atoms with Crippen LogP contribution in [0.25, 0.3) is 0 Å². The Morgan fingerprint density at radius 2 is 2.21 bits per heavy atom. The standard InChI is InChI=1S/C14H18ClN3S/c1-10-17-11(9-19-10)8-18(3)14-6-4-5-13(15)12(14)7-16-2/h4-6,9,16H,7-8H2,1-3H3. The monoisotopic (exact) mass is 295 g/mol. The number of nitrogens with one attached hydrogen (secondary N) is 1. The quantitative estimate of drug-likeness (QED) is 0.915. The molecule has 0 saturated carbocycles. The van der Waals surface area contributed by atoms with E-state index in [4.69, 9.17) is 11.6 Å². The molecule has 1 N–H and O–H groups in total. The molecule has 0 amide bonds. The summed E-state index contributed by atoms with van der Waals surface area (Å²) in [5.74, 6) is 0. The summed E-state index contributed by atoms with van der Waals surface area (Å²) in [4.78, 5) is 6.69. The van der Waals surface area contributed by atoms with Crippen molar-refractivity contribution in [1.82, 2.24) is 10.3 Å². The third-order valence-electron chi connectivity index (χ3n) is 2.92. The molecule has 2 rings (SSSR count). The second kappa shape index (κ2) is 6.37. The molecule has 19 heavy (non-hydrogen) atoms. The number of rotatable bonds is 5. The molecule has 0 unspecified atom stereocenters. The van der Waals surface area contributed by atoms with Gasteiger partial charge in [-0.3, -0.25) is 0 Å². The molecule has 2 aromatic rings. The van der Waals surface area contributed by atoms with Crippen molar-refractivity contribution >= 4 is 28.6 Å². The van der Waals surface area contributed by atoms with Gasteiger partial charge in [0.2, 0.25) is 0 Å². The second-order valence-electron chi connectivity index (χ2n) is 4.48. The molecule has 0 fully saturated rings. The van der Waals surface area contributed by atoms with Crippen molar-refractivity contribution in [2.45, 2.75) is 20.0 Å². The maximum absolute atomic E-state index is 6.28. The molecular weight excluding hydrogens is 278 g/mol. The fraction of sp³-hybridized carbons (Fsp3) is 0.357. The van der Waals surface area contributed by atoms with Crippen molar-refractivity contribution in [3.05, 3.63) is 44.9 Å². The molecule has 0 aliphatic carbocycles. The van der Waals surface area contributed by atoms with E-state index in [1.807, 2.05) is 26.1 Å². The van der Waals surface area contributed by atoms with E-state index in [9.17, 15) is 0 Å². The van der Waals surface area contributed by atoms with Gasteiger partial charge in [-0.25, -0.2) is 4.98 Å². The number of halogens is 1. The first-order valence-corrected chi connectivity index (χ1v) is 7.41. The number of aryl methyl sites for hydroxylation is 1. The number of aromatic nitrogens is 1. The summed E-state index contributed by atoms with van der Waals surface area (Å²) in [7, 11) is 4.00. The van der Waals surface area contributed by atoms with Crippen LogP contribution in [-0.4, -0.2) is 19.1 Å². The summed E-state index contributed by atoms with van der Waals surface area (Å²) < 4.78 is 0. The van der Waals surface area contributed by atoms with E-state index in [1.165, 1.54) is 0 Å². The van der Waals surface area contributed by atoms with Crippen molar-refractivity contribution in [2.24, 2.45) is 0 Å². The Morgan fingerprint density at radius 1 is 1.42 bits per heavy atom. The van der Waals surface area contributed by atoms with Gasteiger partial charge in [-0.2, -0.15) is 0 Å². The lowest BCUT2D eigenvalue weighted by Crippen LogP contribution is -2.20. The Morgan fingerprint density at radius 3 is 2.84 bits per heavy atom. The van der Waals surface area contributed by atoms with Gasteiger partial charge >= 0.3 is 0 Å². The lowest BCUT2D eigenvalue weighted by atomic mass is 10.1. The predicted octanol–water partition coefficient (Wildman–Crippen LogP) is 3.46. The molecule has 102 valence electrons. The molecule has 0 aliphatic rings. The van der Waals surface area contributed by atoms with Crippen LogP contribution in [0.4, 0.5) is 5.69 Å². The average Bonchev–Trinajstić information content (AvgIpc) is 2.77. The minimum atomic E-state index is 0.759. The van der Waals surface area contributed by atoms with E-state index in [0.717, 1.165) is 40.1 Å². The zero-order valence-corrected chi connectivity index (χ0v) is 13.0. The largest absolute Gasteiger partial charge is 0.368 e. The lowest BCUT2D eigenvalue weighted by Gasteiger charge is -2.22. The maximum Gasteiger partial charge on any atom is 0.0898 e. The van der Waals surface area contributed by atoms with Gasteiger partial charge < -0.3 is 10.2 Å². The van der Waals surface area contributed by atoms with Crippen molar-refractivity contribution < 1.29 is 0 Å². The fourth-order valence-corrected chi connectivity index (χ4v) is 2.91. The summed E-state index contributed by atoms with van der Waals surface area (Å²) in [6, 6.07) is 6.01. The summed E-state index contributed by atoms with van der Waals surface area (Å²) in [5.41, 5.74) is 3.37. The number of nitrogens with zero attached hydrogens (tertiary/aromatic N) is 2. The lowest BCUT2D eigenvalue weighted by molar-refractivity contribution is 0.802. The molecule has 0 spiro atoms. The second-order valence-corrected chi connectivity index (χ2v) is 5.95. The van der Waals surface area contributed by atoms with Crippen LogP contribution in [0.5, 0.6) is 0 Å². The van der Waals surface area contributed by atoms with Crippen LogP contribution in [0.1, 0.15) is 16.3 Å². The molecule has 0 atom stereocenters. The fourth-order valence-electron chi connectivity index (χ4n) is 2.07. The average molecular weight is 296 g/mol. The van der Waals surface area contributed by atoms with E-state index in [1.54, 1.807) is 11.3 Å². The van der Waals surface area contributed by atoms with Gasteiger partial charge in [-0.05, 0) is 26.1 Å². The van der Waals surface area contributed by atoms with E-state index >= 15 is 0 Å². The third-order valence-corrected chi connectivity index (χ3v) is 4.10. The highest BCUT2D eigenvalue weighted by molar-refractivity contribution is 7.09. The minimum absolute atomic E-state index is 0.759. The van der Waals surface area contributed by atoms with Crippen molar-refractivity contribution in [2.75, 3.05) is 19.0 Å². The molecule has 0 radical (unpaired) electrons. The van der Waals surface area contributed by atoms with Crippen molar-refractivity contribution in [1.29, 1.82) is 0 Å². The Bertz CT molecular complexity index is 553. The Labute approximate surface area is 123 Å². The van der Waals surface area contributed by atoms with Crippen LogP contribution in [0, 0.1) is 6.92 Å². The van der Waals surface area contributed by atoms with Crippen LogP contribution in [0.15, 0.2) is 23.6 Å². The van der Waals surface area contributed by atoms with Gasteiger partial charge in [-0.1, -0.05) is 17.7 Å². The predicted molar refractivity (Wildman–Crippen MR) is 83.2 cm³/mol. The van der Waals surface area contributed by atoms with Crippen LogP contribution < -0.4 is 10.2 Å². The van der Waals surface area contributed by atoms with Crippen LogP contribution in [0.3, 0.4) is 0 Å².